The van der Waals surface area contributed by atoms with Crippen LogP contribution in [-0.2, 0) is 0 Å². The van der Waals surface area contributed by atoms with Crippen molar-refractivity contribution in [3.05, 3.63) is 0 Å². The first-order valence-corrected chi connectivity index (χ1v) is 11.9. The van der Waals surface area contributed by atoms with Gasteiger partial charge in [0.1, 0.15) is 0 Å². The normalized spacial score (nSPS) is 12.0. The van der Waals surface area contributed by atoms with Gasteiger partial charge in [0, 0.05) is 0 Å². The van der Waals surface area contributed by atoms with Crippen molar-refractivity contribution in [2.45, 2.75) is 155 Å². The smallest absolute Gasteiger partial charge is 0.0647 e. The molecule has 0 radical (unpaired) electrons. The van der Waals surface area contributed by atoms with E-state index in [2.05, 4.69) is 20.8 Å². The van der Waals surface area contributed by atoms with Gasteiger partial charge in [0.25, 0.3) is 0 Å². The van der Waals surface area contributed by atoms with Gasteiger partial charge >= 0.3 is 0 Å². The topological polar surface area (TPSA) is 20.2 Å². The molecule has 0 aliphatic rings. The van der Waals surface area contributed by atoms with Gasteiger partial charge in [0.2, 0.25) is 0 Å². The summed E-state index contributed by atoms with van der Waals surface area (Å²) < 4.78 is 0. The second-order valence-electron chi connectivity index (χ2n) is 8.42. The fourth-order valence-electron chi connectivity index (χ4n) is 3.90. The molecule has 0 spiro atoms. The number of hydrogen-bond donors (Lipinski definition) is 1. The third-order valence-corrected chi connectivity index (χ3v) is 5.74. The number of aliphatic hydroxyl groups is 1. The molecule has 0 fully saturated rings. The molecule has 0 atom stereocenters. The number of unbranched alkanes of at least 4 members (excludes halogenated alkanes) is 14. The molecule has 152 valence electrons. The average molecular weight is 355 g/mol. The van der Waals surface area contributed by atoms with Gasteiger partial charge in [-0.2, -0.15) is 0 Å². The van der Waals surface area contributed by atoms with Gasteiger partial charge < -0.3 is 5.11 Å². The monoisotopic (exact) mass is 354 g/mol. The van der Waals surface area contributed by atoms with Crippen LogP contribution in [0.1, 0.15) is 149 Å². The van der Waals surface area contributed by atoms with E-state index in [-0.39, 0.29) is 5.60 Å². The molecule has 1 N–H and O–H groups in total. The van der Waals surface area contributed by atoms with Crippen molar-refractivity contribution in [1.82, 2.24) is 0 Å². The van der Waals surface area contributed by atoms with Crippen LogP contribution in [0.2, 0.25) is 0 Å². The van der Waals surface area contributed by atoms with Gasteiger partial charge in [-0.05, 0) is 19.3 Å². The first kappa shape index (κ1) is 25.0. The van der Waals surface area contributed by atoms with Crippen LogP contribution in [0.15, 0.2) is 0 Å². The van der Waals surface area contributed by atoms with E-state index >= 15 is 0 Å². The molecule has 0 amide bonds. The Kier molecular flexibility index (Phi) is 18.7. The van der Waals surface area contributed by atoms with Gasteiger partial charge in [-0.1, -0.05) is 130 Å². The molecular weight excluding hydrogens is 304 g/mol. The Hall–Kier alpha value is -0.0400. The van der Waals surface area contributed by atoms with E-state index < -0.39 is 0 Å². The summed E-state index contributed by atoms with van der Waals surface area (Å²) in [5, 5.41) is 11.1. The lowest BCUT2D eigenvalue weighted by Gasteiger charge is -2.28. The summed E-state index contributed by atoms with van der Waals surface area (Å²) >= 11 is 0. The van der Waals surface area contributed by atoms with E-state index in [0.29, 0.717) is 0 Å². The van der Waals surface area contributed by atoms with Crippen molar-refractivity contribution in [3.8, 4) is 0 Å². The predicted octanol–water partition coefficient (Wildman–Crippen LogP) is 8.58. The van der Waals surface area contributed by atoms with Gasteiger partial charge in [0.15, 0.2) is 0 Å². The molecule has 0 aromatic heterocycles. The Morgan fingerprint density at radius 3 is 0.960 bits per heavy atom. The summed E-state index contributed by atoms with van der Waals surface area (Å²) in [6.07, 6.45) is 25.7. The highest BCUT2D eigenvalue weighted by molar-refractivity contribution is 4.78. The minimum Gasteiger partial charge on any atom is -0.390 e. The molecular formula is C24H50O. The first-order chi connectivity index (χ1) is 12.2. The zero-order valence-electron chi connectivity index (χ0n) is 18.1. The lowest BCUT2D eigenvalue weighted by molar-refractivity contribution is 0.00709. The van der Waals surface area contributed by atoms with Gasteiger partial charge in [-0.3, -0.25) is 0 Å². The maximum Gasteiger partial charge on any atom is 0.0647 e. The lowest BCUT2D eigenvalue weighted by atomic mass is 9.85. The van der Waals surface area contributed by atoms with Crippen molar-refractivity contribution in [1.29, 1.82) is 0 Å². The maximum atomic E-state index is 11.1. The average Bonchev–Trinajstić information content (AvgIpc) is 2.61. The molecule has 0 aliphatic heterocycles. The van der Waals surface area contributed by atoms with E-state index in [1.807, 2.05) is 0 Å². The van der Waals surface area contributed by atoms with Crippen LogP contribution in [0.3, 0.4) is 0 Å². The van der Waals surface area contributed by atoms with Gasteiger partial charge in [-0.25, -0.2) is 0 Å². The van der Waals surface area contributed by atoms with E-state index in [0.717, 1.165) is 19.3 Å². The molecule has 1 nitrogen and oxygen atoms in total. The van der Waals surface area contributed by atoms with Crippen molar-refractivity contribution in [2.24, 2.45) is 0 Å². The molecule has 1 heteroatoms. The van der Waals surface area contributed by atoms with E-state index in [9.17, 15) is 5.11 Å². The Labute approximate surface area is 160 Å². The molecule has 0 rings (SSSR count). The maximum absolute atomic E-state index is 11.1. The van der Waals surface area contributed by atoms with Crippen LogP contribution in [0.5, 0.6) is 0 Å². The minimum absolute atomic E-state index is 0.359. The molecule has 0 aromatic rings. The molecule has 0 aromatic carbocycles. The Bertz CT molecular complexity index is 236. The highest BCUT2D eigenvalue weighted by Crippen LogP contribution is 2.28. The van der Waals surface area contributed by atoms with Crippen molar-refractivity contribution in [2.75, 3.05) is 0 Å². The van der Waals surface area contributed by atoms with Crippen LogP contribution in [0.4, 0.5) is 0 Å². The highest BCUT2D eigenvalue weighted by atomic mass is 16.3. The Morgan fingerprint density at radius 1 is 0.400 bits per heavy atom. The quantitative estimate of drug-likeness (QED) is 0.217. The van der Waals surface area contributed by atoms with Crippen molar-refractivity contribution >= 4 is 0 Å². The van der Waals surface area contributed by atoms with E-state index in [1.54, 1.807) is 0 Å². The minimum atomic E-state index is -0.359. The summed E-state index contributed by atoms with van der Waals surface area (Å²) in [6, 6.07) is 0. The summed E-state index contributed by atoms with van der Waals surface area (Å²) in [5.74, 6) is 0. The van der Waals surface area contributed by atoms with E-state index in [1.165, 1.54) is 109 Å². The van der Waals surface area contributed by atoms with Gasteiger partial charge in [0.05, 0.1) is 5.60 Å². The summed E-state index contributed by atoms with van der Waals surface area (Å²) in [4.78, 5) is 0. The molecule has 0 heterocycles. The highest BCUT2D eigenvalue weighted by Gasteiger charge is 2.25. The number of rotatable bonds is 20. The molecule has 25 heavy (non-hydrogen) atoms. The van der Waals surface area contributed by atoms with Crippen LogP contribution in [0.25, 0.3) is 0 Å². The van der Waals surface area contributed by atoms with E-state index in [4.69, 9.17) is 0 Å². The second kappa shape index (κ2) is 18.7. The Balaban J connectivity index is 3.86. The fourth-order valence-corrected chi connectivity index (χ4v) is 3.90. The van der Waals surface area contributed by atoms with Crippen LogP contribution < -0.4 is 0 Å². The van der Waals surface area contributed by atoms with Crippen molar-refractivity contribution in [3.63, 3.8) is 0 Å². The fraction of sp³-hybridized carbons (Fsp3) is 1.00. The third kappa shape index (κ3) is 17.1. The summed E-state index contributed by atoms with van der Waals surface area (Å²) in [7, 11) is 0. The zero-order valence-corrected chi connectivity index (χ0v) is 18.1. The Morgan fingerprint density at radius 2 is 0.640 bits per heavy atom. The summed E-state index contributed by atoms with van der Waals surface area (Å²) in [5.41, 5.74) is -0.359. The first-order valence-electron chi connectivity index (χ1n) is 11.9. The largest absolute Gasteiger partial charge is 0.390 e. The number of hydrogen-bond acceptors (Lipinski definition) is 1. The summed E-state index contributed by atoms with van der Waals surface area (Å²) in [6.45, 7) is 6.81. The molecule has 0 aliphatic carbocycles. The second-order valence-corrected chi connectivity index (χ2v) is 8.42. The molecule has 0 bridgehead atoms. The lowest BCUT2D eigenvalue weighted by Crippen LogP contribution is -2.28. The van der Waals surface area contributed by atoms with Crippen LogP contribution >= 0.6 is 0 Å². The third-order valence-electron chi connectivity index (χ3n) is 5.74. The molecule has 0 unspecified atom stereocenters. The molecule has 0 saturated carbocycles. The standard InChI is InChI=1S/C24H50O/c1-4-7-10-13-14-15-16-17-20-23-24(25,21-18-11-8-5-2)22-19-12-9-6-3/h25H,4-23H2,1-3H3. The zero-order chi connectivity index (χ0) is 18.6. The SMILES string of the molecule is CCCCCCCCCCCC(O)(CCCCCC)CCCCCC. The van der Waals surface area contributed by atoms with Crippen LogP contribution in [-0.4, -0.2) is 10.7 Å². The molecule has 0 saturated heterocycles. The predicted molar refractivity (Wildman–Crippen MR) is 114 cm³/mol. The van der Waals surface area contributed by atoms with Crippen LogP contribution in [0, 0.1) is 0 Å². The van der Waals surface area contributed by atoms with Crippen molar-refractivity contribution < 1.29 is 5.11 Å². The van der Waals surface area contributed by atoms with Gasteiger partial charge in [-0.15, -0.1) is 0 Å².